The third kappa shape index (κ3) is 4.35. The molecular weight excluding hydrogens is 453 g/mol. The van der Waals surface area contributed by atoms with Crippen molar-refractivity contribution in [1.29, 1.82) is 5.26 Å². The zero-order valence-corrected chi connectivity index (χ0v) is 18.3. The quantitative estimate of drug-likeness (QED) is 0.512. The molecule has 0 spiro atoms. The van der Waals surface area contributed by atoms with Gasteiger partial charge in [-0.1, -0.05) is 35.3 Å². The molecular formula is C22H17Cl2N5O3. The highest BCUT2D eigenvalue weighted by atomic mass is 35.5. The van der Waals surface area contributed by atoms with Crippen molar-refractivity contribution in [3.05, 3.63) is 80.8 Å². The molecule has 2 heterocycles. The van der Waals surface area contributed by atoms with Gasteiger partial charge in [0.1, 0.15) is 17.4 Å². The fourth-order valence-corrected chi connectivity index (χ4v) is 4.01. The third-order valence-corrected chi connectivity index (χ3v) is 5.27. The van der Waals surface area contributed by atoms with Crippen molar-refractivity contribution in [2.75, 3.05) is 11.9 Å². The number of nitrogens with zero attached hydrogens (tertiary/aromatic N) is 2. The molecule has 0 aliphatic carbocycles. The molecule has 0 radical (unpaired) electrons. The number of carbonyl (C=O) groups is 1. The maximum Gasteiger partial charge on any atom is 0.262 e. The number of aromatic amines is 1. The molecule has 162 valence electrons. The zero-order valence-electron chi connectivity index (χ0n) is 16.8. The standard InChI is InChI=1S/C22H17Cl2N5O3/c1-11-19-20(17(9-25)21(26)32-22(19)29-28-11)12-3-2-4-16(5-12)31-10-18(30)27-15-7-13(23)6-14(24)8-15/h2-8,20H,10,26H2,1H3,(H,27,30)(H,28,29). The van der Waals surface area contributed by atoms with Gasteiger partial charge in [-0.05, 0) is 42.8 Å². The van der Waals surface area contributed by atoms with Crippen molar-refractivity contribution >= 4 is 34.8 Å². The summed E-state index contributed by atoms with van der Waals surface area (Å²) >= 11 is 11.9. The summed E-state index contributed by atoms with van der Waals surface area (Å²) in [4.78, 5) is 12.3. The monoisotopic (exact) mass is 469 g/mol. The number of nitrogens with one attached hydrogen (secondary N) is 2. The van der Waals surface area contributed by atoms with Gasteiger partial charge in [0.15, 0.2) is 6.61 Å². The maximum atomic E-state index is 12.3. The summed E-state index contributed by atoms with van der Waals surface area (Å²) in [6, 6.07) is 14.0. The van der Waals surface area contributed by atoms with Crippen LogP contribution in [0.1, 0.15) is 22.7 Å². The van der Waals surface area contributed by atoms with Crippen molar-refractivity contribution in [1.82, 2.24) is 10.2 Å². The summed E-state index contributed by atoms with van der Waals surface area (Å²) in [7, 11) is 0. The molecule has 1 atom stereocenters. The molecule has 0 saturated heterocycles. The van der Waals surface area contributed by atoms with Gasteiger partial charge in [-0.3, -0.25) is 9.89 Å². The second-order valence-corrected chi connectivity index (χ2v) is 7.93. The number of benzene rings is 2. The van der Waals surface area contributed by atoms with E-state index in [1.165, 1.54) is 0 Å². The van der Waals surface area contributed by atoms with Gasteiger partial charge < -0.3 is 20.5 Å². The van der Waals surface area contributed by atoms with E-state index in [-0.39, 0.29) is 24.0 Å². The van der Waals surface area contributed by atoms with Crippen molar-refractivity contribution < 1.29 is 14.3 Å². The van der Waals surface area contributed by atoms with E-state index in [0.29, 0.717) is 27.4 Å². The van der Waals surface area contributed by atoms with Crippen LogP contribution in [0.2, 0.25) is 10.0 Å². The minimum absolute atomic E-state index is 0.00221. The predicted octanol–water partition coefficient (Wildman–Crippen LogP) is 4.26. The fourth-order valence-electron chi connectivity index (χ4n) is 3.49. The molecule has 4 rings (SSSR count). The number of hydrogen-bond acceptors (Lipinski definition) is 6. The maximum absolute atomic E-state index is 12.3. The summed E-state index contributed by atoms with van der Waals surface area (Å²) in [6.45, 7) is 1.60. The van der Waals surface area contributed by atoms with Gasteiger partial charge in [-0.2, -0.15) is 5.26 Å². The Balaban J connectivity index is 1.53. The van der Waals surface area contributed by atoms with E-state index in [2.05, 4.69) is 21.6 Å². The molecule has 3 aromatic rings. The molecule has 1 aliphatic heterocycles. The summed E-state index contributed by atoms with van der Waals surface area (Å²) in [5.74, 6) is -0.0767. The first-order chi connectivity index (χ1) is 15.4. The Kier molecular flexibility index (Phi) is 5.95. The van der Waals surface area contributed by atoms with E-state index in [9.17, 15) is 10.1 Å². The van der Waals surface area contributed by atoms with Gasteiger partial charge in [0.2, 0.25) is 11.8 Å². The summed E-state index contributed by atoms with van der Waals surface area (Å²) in [5, 5.41) is 20.1. The Morgan fingerprint density at radius 2 is 2.06 bits per heavy atom. The predicted molar refractivity (Wildman–Crippen MR) is 120 cm³/mol. The first-order valence-electron chi connectivity index (χ1n) is 9.47. The van der Waals surface area contributed by atoms with E-state index in [0.717, 1.165) is 16.8 Å². The summed E-state index contributed by atoms with van der Waals surface area (Å²) in [5.41, 5.74) is 8.92. The van der Waals surface area contributed by atoms with Crippen LogP contribution in [0.25, 0.3) is 0 Å². The topological polar surface area (TPSA) is 126 Å². The van der Waals surface area contributed by atoms with E-state index in [1.807, 2.05) is 13.0 Å². The Hall–Kier alpha value is -3.67. The smallest absolute Gasteiger partial charge is 0.262 e. The first-order valence-corrected chi connectivity index (χ1v) is 10.2. The Morgan fingerprint density at radius 1 is 1.31 bits per heavy atom. The zero-order chi connectivity index (χ0) is 22.8. The number of aromatic nitrogens is 2. The number of nitrogens with two attached hydrogens (primary N) is 1. The molecule has 1 amide bonds. The van der Waals surface area contributed by atoms with E-state index < -0.39 is 5.92 Å². The van der Waals surface area contributed by atoms with Gasteiger partial charge in [-0.25, -0.2) is 0 Å². The molecule has 4 N–H and O–H groups in total. The van der Waals surface area contributed by atoms with Gasteiger partial charge in [-0.15, -0.1) is 5.10 Å². The number of hydrogen-bond donors (Lipinski definition) is 3. The number of H-pyrrole nitrogens is 1. The van der Waals surface area contributed by atoms with E-state index >= 15 is 0 Å². The van der Waals surface area contributed by atoms with Gasteiger partial charge in [0, 0.05) is 27.0 Å². The molecule has 10 heteroatoms. The van der Waals surface area contributed by atoms with Crippen LogP contribution in [0.15, 0.2) is 53.9 Å². The lowest BCUT2D eigenvalue weighted by Crippen LogP contribution is -2.21. The highest BCUT2D eigenvalue weighted by Gasteiger charge is 2.34. The van der Waals surface area contributed by atoms with Crippen LogP contribution >= 0.6 is 23.2 Å². The summed E-state index contributed by atoms with van der Waals surface area (Å²) in [6.07, 6.45) is 0. The molecule has 0 saturated carbocycles. The molecule has 32 heavy (non-hydrogen) atoms. The van der Waals surface area contributed by atoms with Crippen LogP contribution in [0, 0.1) is 18.3 Å². The van der Waals surface area contributed by atoms with Crippen LogP contribution in [0.3, 0.4) is 0 Å². The van der Waals surface area contributed by atoms with E-state index in [4.69, 9.17) is 38.4 Å². The fraction of sp³-hybridized carbons (Fsp3) is 0.136. The Morgan fingerprint density at radius 3 is 2.78 bits per heavy atom. The van der Waals surface area contributed by atoms with Crippen molar-refractivity contribution in [3.63, 3.8) is 0 Å². The summed E-state index contributed by atoms with van der Waals surface area (Å²) < 4.78 is 11.1. The van der Waals surface area contributed by atoms with Crippen LogP contribution in [-0.4, -0.2) is 22.7 Å². The van der Waals surface area contributed by atoms with Crippen molar-refractivity contribution in [2.24, 2.45) is 5.73 Å². The lowest BCUT2D eigenvalue weighted by atomic mass is 9.84. The second kappa shape index (κ2) is 8.83. The Labute approximate surface area is 193 Å². The van der Waals surface area contributed by atoms with Crippen LogP contribution in [0.5, 0.6) is 11.6 Å². The van der Waals surface area contributed by atoms with Crippen LogP contribution in [-0.2, 0) is 4.79 Å². The number of anilines is 1. The van der Waals surface area contributed by atoms with Crippen molar-refractivity contribution in [3.8, 4) is 17.7 Å². The number of fused-ring (bicyclic) bond motifs is 1. The normalized spacial score (nSPS) is 14.9. The molecule has 1 unspecified atom stereocenters. The SMILES string of the molecule is Cc1[nH]nc2c1C(c1cccc(OCC(=O)Nc3cc(Cl)cc(Cl)c3)c1)C(C#N)=C(N)O2. The number of aryl methyl sites for hydroxylation is 1. The van der Waals surface area contributed by atoms with Crippen LogP contribution in [0.4, 0.5) is 5.69 Å². The first kappa shape index (κ1) is 21.6. The van der Waals surface area contributed by atoms with Gasteiger partial charge in [0.25, 0.3) is 5.91 Å². The van der Waals surface area contributed by atoms with Gasteiger partial charge in [0.05, 0.1) is 5.92 Å². The number of rotatable bonds is 5. The number of ether oxygens (including phenoxy) is 2. The molecule has 1 aliphatic rings. The Bertz CT molecular complexity index is 1260. The highest BCUT2D eigenvalue weighted by Crippen LogP contribution is 2.43. The second-order valence-electron chi connectivity index (χ2n) is 7.06. The molecule has 2 aromatic carbocycles. The minimum Gasteiger partial charge on any atom is -0.484 e. The average Bonchev–Trinajstić information content (AvgIpc) is 3.10. The van der Waals surface area contributed by atoms with Gasteiger partial charge >= 0.3 is 0 Å². The van der Waals surface area contributed by atoms with E-state index in [1.54, 1.807) is 36.4 Å². The number of amides is 1. The number of nitriles is 1. The molecule has 0 fully saturated rings. The number of carbonyl (C=O) groups excluding carboxylic acids is 1. The van der Waals surface area contributed by atoms with Crippen molar-refractivity contribution in [2.45, 2.75) is 12.8 Å². The lowest BCUT2D eigenvalue weighted by Gasteiger charge is -2.24. The highest BCUT2D eigenvalue weighted by molar-refractivity contribution is 6.35. The average molecular weight is 470 g/mol. The van der Waals surface area contributed by atoms with Crippen LogP contribution < -0.4 is 20.5 Å². The third-order valence-electron chi connectivity index (χ3n) is 4.84. The molecule has 8 nitrogen and oxygen atoms in total. The minimum atomic E-state index is -0.478. The lowest BCUT2D eigenvalue weighted by molar-refractivity contribution is -0.118. The number of allylic oxidation sites excluding steroid dienone is 1. The largest absolute Gasteiger partial charge is 0.484 e. The number of halogens is 2. The molecule has 1 aromatic heterocycles. The molecule has 0 bridgehead atoms.